The van der Waals surface area contributed by atoms with Gasteiger partial charge in [-0.3, -0.25) is 28.8 Å². The average molecular weight is 1140 g/mol. The lowest BCUT2D eigenvalue weighted by Crippen LogP contribution is -2.63. The number of fused-ring (bicyclic) bond motifs is 1. The number of benzene rings is 3. The normalized spacial score (nSPS) is 24.8. The summed E-state index contributed by atoms with van der Waals surface area (Å²) in [6.07, 6.45) is -13.7. The van der Waals surface area contributed by atoms with E-state index in [1.165, 1.54) is 30.1 Å². The number of nitrogens with one attached hydrogen (secondary N) is 5. The van der Waals surface area contributed by atoms with Crippen molar-refractivity contribution in [1.82, 2.24) is 41.6 Å². The highest BCUT2D eigenvalue weighted by Crippen LogP contribution is 2.41. The number of amides is 4. The summed E-state index contributed by atoms with van der Waals surface area (Å²) in [4.78, 5) is 87.2. The van der Waals surface area contributed by atoms with E-state index in [4.69, 9.17) is 9.47 Å². The second kappa shape index (κ2) is 25.6. The quantitative estimate of drug-likeness (QED) is 0.0131. The van der Waals surface area contributed by atoms with Crippen LogP contribution >= 0.6 is 11.8 Å². The molecular weight excluding hydrogens is 1090 g/mol. The van der Waals surface area contributed by atoms with Crippen LogP contribution in [0, 0.1) is 11.8 Å². The SMILES string of the molecule is O=C(O)C[C@H]1CCC(=O)[C@@H]1C(=O)/C=C\CCO[C@H]1O[C@@H](Cn2cc(Cc3cc(C(F)(F)F)c(C(=O)NCCNC(=O)C[C@@H]4SC[C@@H]5NC(=O)N[C@@H]54)c(C(F)(F)F)c3)nn2)[C@@H](O)[C@@H](O)[C@@H]1NCc1ccc(C(=O)c2ccccc2)cc1. The molecule has 0 spiro atoms. The first-order chi connectivity index (χ1) is 38.0. The number of ketones is 3. The van der Waals surface area contributed by atoms with Gasteiger partial charge in [-0.05, 0) is 48.1 Å². The molecule has 0 radical (unpaired) electrons. The van der Waals surface area contributed by atoms with Crippen LogP contribution in [0.2, 0.25) is 0 Å². The zero-order valence-corrected chi connectivity index (χ0v) is 43.2. The molecule has 1 aliphatic carbocycles. The number of aliphatic hydroxyl groups excluding tert-OH is 2. The zero-order chi connectivity index (χ0) is 57.5. The monoisotopic (exact) mass is 1140 g/mol. The van der Waals surface area contributed by atoms with Gasteiger partial charge in [0.15, 0.2) is 17.9 Å². The number of aliphatic carboxylic acids is 1. The third-order valence-corrected chi connectivity index (χ3v) is 15.5. The summed E-state index contributed by atoms with van der Waals surface area (Å²) in [5, 5.41) is 52.8. The number of halogens is 6. The van der Waals surface area contributed by atoms with E-state index in [1.807, 2.05) is 5.32 Å². The predicted octanol–water partition coefficient (Wildman–Crippen LogP) is 3.75. The third kappa shape index (κ3) is 14.7. The summed E-state index contributed by atoms with van der Waals surface area (Å²) in [6, 6.07) is 14.0. The van der Waals surface area contributed by atoms with Crippen molar-refractivity contribution in [3.8, 4) is 0 Å². The zero-order valence-electron chi connectivity index (χ0n) is 42.4. The van der Waals surface area contributed by atoms with Crippen LogP contribution in [0.25, 0.3) is 0 Å². The maximum Gasteiger partial charge on any atom is 0.417 e. The van der Waals surface area contributed by atoms with Crippen LogP contribution < -0.4 is 26.6 Å². The molecule has 0 unspecified atom stereocenters. The van der Waals surface area contributed by atoms with Crippen LogP contribution in [0.15, 0.2) is 85.1 Å². The molecule has 4 amide bonds. The predicted molar refractivity (Wildman–Crippen MR) is 271 cm³/mol. The van der Waals surface area contributed by atoms with Gasteiger partial charge in [0.2, 0.25) is 5.91 Å². The van der Waals surface area contributed by atoms with Crippen molar-refractivity contribution >= 4 is 52.9 Å². The second-order valence-electron chi connectivity index (χ2n) is 19.7. The number of hydrogen-bond donors (Lipinski definition) is 8. The topological polar surface area (TPSA) is 289 Å². The lowest BCUT2D eigenvalue weighted by atomic mass is 9.88. The van der Waals surface area contributed by atoms with Gasteiger partial charge in [-0.15, -0.1) is 5.10 Å². The van der Waals surface area contributed by atoms with Gasteiger partial charge in [-0.2, -0.15) is 38.1 Å². The Hall–Kier alpha value is -7.04. The van der Waals surface area contributed by atoms with E-state index < -0.39 is 114 Å². The van der Waals surface area contributed by atoms with Crippen LogP contribution in [0.4, 0.5) is 31.1 Å². The van der Waals surface area contributed by atoms with Gasteiger partial charge >= 0.3 is 24.4 Å². The molecule has 428 valence electrons. The molecule has 1 saturated carbocycles. The number of rotatable bonds is 23. The van der Waals surface area contributed by atoms with Gasteiger partial charge in [-0.25, -0.2) is 9.48 Å². The van der Waals surface area contributed by atoms with Crippen LogP contribution in [-0.2, 0) is 60.5 Å². The van der Waals surface area contributed by atoms with Crippen LogP contribution in [0.1, 0.15) is 86.3 Å². The van der Waals surface area contributed by atoms with Crippen LogP contribution in [-0.4, -0.2) is 145 Å². The fraction of sp³-hybridized carbons (Fsp3) is 0.453. The van der Waals surface area contributed by atoms with Gasteiger partial charge in [0.25, 0.3) is 5.91 Å². The number of urea groups is 1. The van der Waals surface area contributed by atoms with Crippen molar-refractivity contribution in [3.63, 3.8) is 0 Å². The largest absolute Gasteiger partial charge is 0.481 e. The standard InChI is InChI=1S/C53H56F6N8O12S/c54-52(55,56)33-19-28(20-34(53(57,58)59)43(33)49(76)61-16-15-60-40(70)22-39-44-35(26-80-39)63-51(77)64-44)18-32-24-67(66-65-32)25-38-47(74)48(75)45(62-23-27-9-11-30(12-10-27)46(73)29-6-2-1-3-7-29)50(79-38)78-17-5-4-8-36(68)42-31(21-41(71)72)13-14-37(42)69/h1-4,6-12,19-20,24,31,35,38-39,42,44-45,47-48,50,62,74-75H,5,13-18,21-23,25-26H2,(H,60,70)(H,61,76)(H,71,72)(H2,63,64,77)/b8-4-/t31-,35+,38+,39+,42+,44+,45+,47-,48+,50+/m1/s1. The first-order valence-electron chi connectivity index (χ1n) is 25.5. The van der Waals surface area contributed by atoms with Crippen LogP contribution in [0.5, 0.6) is 0 Å². The third-order valence-electron chi connectivity index (χ3n) is 14.1. The number of allylic oxidation sites excluding steroid dienone is 1. The molecule has 4 fully saturated rings. The molecule has 0 bridgehead atoms. The minimum Gasteiger partial charge on any atom is -0.481 e. The van der Waals surface area contributed by atoms with Crippen molar-refractivity contribution in [2.75, 3.05) is 25.4 Å². The summed E-state index contributed by atoms with van der Waals surface area (Å²) >= 11 is 1.44. The number of carboxylic acids is 1. The summed E-state index contributed by atoms with van der Waals surface area (Å²) in [5.41, 5.74) is -4.58. The van der Waals surface area contributed by atoms with E-state index >= 15 is 0 Å². The number of alkyl halides is 6. The number of carboxylic acid groups (broad SMARTS) is 1. The molecule has 4 aromatic rings. The van der Waals surface area contributed by atoms with Gasteiger partial charge < -0.3 is 51.4 Å². The number of aliphatic hydroxyl groups is 2. The van der Waals surface area contributed by atoms with Crippen molar-refractivity contribution in [1.29, 1.82) is 0 Å². The highest BCUT2D eigenvalue weighted by molar-refractivity contribution is 8.00. The highest BCUT2D eigenvalue weighted by Gasteiger charge is 2.47. The molecule has 3 saturated heterocycles. The molecule has 4 aliphatic rings. The molecule has 8 N–H and O–H groups in total. The first kappa shape index (κ1) is 59.1. The number of carbonyl (C=O) groups is 7. The van der Waals surface area contributed by atoms with Crippen LogP contribution in [0.3, 0.4) is 0 Å². The Morgan fingerprint density at radius 3 is 2.25 bits per heavy atom. The number of nitrogens with zero attached hydrogens (tertiary/aromatic N) is 3. The summed E-state index contributed by atoms with van der Waals surface area (Å²) in [6.45, 7) is -1.32. The first-order valence-corrected chi connectivity index (χ1v) is 26.5. The Bertz CT molecular complexity index is 2930. The van der Waals surface area contributed by atoms with E-state index in [9.17, 15) is 75.2 Å². The Morgan fingerprint density at radius 2 is 1.56 bits per heavy atom. The minimum absolute atomic E-state index is 0.0421. The highest BCUT2D eigenvalue weighted by atomic mass is 32.2. The summed E-state index contributed by atoms with van der Waals surface area (Å²) in [7, 11) is 0. The number of Topliss-reactive ketones (excluding diaryl/α,β-unsaturated/α-hetero) is 1. The molecule has 8 rings (SSSR count). The molecular formula is C53H56F6N8O12S. The van der Waals surface area contributed by atoms with E-state index in [0.717, 1.165) is 4.68 Å². The smallest absolute Gasteiger partial charge is 0.417 e. The molecule has 20 nitrogen and oxygen atoms in total. The molecule has 4 heterocycles. The van der Waals surface area contributed by atoms with Gasteiger partial charge in [0.1, 0.15) is 24.1 Å². The van der Waals surface area contributed by atoms with E-state index in [2.05, 4.69) is 31.6 Å². The molecule has 80 heavy (non-hydrogen) atoms. The van der Waals surface area contributed by atoms with Crippen molar-refractivity contribution in [2.45, 2.75) is 112 Å². The number of carbonyl (C=O) groups excluding carboxylic acids is 6. The fourth-order valence-corrected chi connectivity index (χ4v) is 11.7. The Balaban J connectivity index is 0.922. The summed E-state index contributed by atoms with van der Waals surface area (Å²) < 4.78 is 101. The van der Waals surface area contributed by atoms with Gasteiger partial charge in [-0.1, -0.05) is 65.9 Å². The van der Waals surface area contributed by atoms with E-state index in [-0.39, 0.29) is 99.0 Å². The molecule has 3 aliphatic heterocycles. The number of thioether (sulfide) groups is 1. The number of aromatic nitrogens is 3. The van der Waals surface area contributed by atoms with Gasteiger partial charge in [0, 0.05) is 73.6 Å². The maximum absolute atomic E-state index is 14.6. The number of ether oxygens (including phenoxy) is 2. The Kier molecular flexibility index (Phi) is 18.9. The molecule has 27 heteroatoms. The lowest BCUT2D eigenvalue weighted by molar-refractivity contribution is -0.268. The van der Waals surface area contributed by atoms with Crippen molar-refractivity contribution in [3.05, 3.63) is 130 Å². The minimum atomic E-state index is -5.46. The van der Waals surface area contributed by atoms with Crippen molar-refractivity contribution < 1.29 is 84.7 Å². The molecule has 1 aromatic heterocycles. The summed E-state index contributed by atoms with van der Waals surface area (Å²) in [5.74, 6) is -5.62. The fourth-order valence-electron chi connectivity index (χ4n) is 10.2. The van der Waals surface area contributed by atoms with Gasteiger partial charge in [0.05, 0.1) is 59.6 Å². The average Bonchev–Trinajstić information content (AvgIpc) is 4.21. The van der Waals surface area contributed by atoms with E-state index in [1.54, 1.807) is 54.6 Å². The maximum atomic E-state index is 14.6. The Morgan fingerprint density at radius 1 is 0.875 bits per heavy atom. The molecule has 3 aromatic carbocycles. The lowest BCUT2D eigenvalue weighted by Gasteiger charge is -2.43. The van der Waals surface area contributed by atoms with E-state index in [0.29, 0.717) is 34.6 Å². The Labute approximate surface area is 456 Å². The second-order valence-corrected chi connectivity index (χ2v) is 21.0. The number of hydrogen-bond acceptors (Lipinski definition) is 15. The van der Waals surface area contributed by atoms with Crippen molar-refractivity contribution in [2.24, 2.45) is 11.8 Å². The molecule has 10 atom stereocenters.